The molecule has 0 fully saturated rings. The molecule has 0 radical (unpaired) electrons. The molecule has 34 heavy (non-hydrogen) atoms. The van der Waals surface area contributed by atoms with Crippen LogP contribution in [0.25, 0.3) is 0 Å². The number of para-hydroxylation sites is 1. The third kappa shape index (κ3) is 5.74. The maximum Gasteiger partial charge on any atom is 0.315 e. The van der Waals surface area contributed by atoms with Crippen molar-refractivity contribution in [1.29, 1.82) is 0 Å². The molecule has 2 aromatic carbocycles. The minimum atomic E-state index is -3.53. The van der Waals surface area contributed by atoms with Gasteiger partial charge in [0.05, 0.1) is 17.8 Å². The lowest BCUT2D eigenvalue weighted by atomic mass is 10.0. The Labute approximate surface area is 199 Å². The van der Waals surface area contributed by atoms with Crippen LogP contribution in [0.5, 0.6) is 5.75 Å². The van der Waals surface area contributed by atoms with E-state index in [-0.39, 0.29) is 28.8 Å². The van der Waals surface area contributed by atoms with E-state index < -0.39 is 15.7 Å². The van der Waals surface area contributed by atoms with Crippen LogP contribution in [0.2, 0.25) is 0 Å². The molecule has 1 aromatic heterocycles. The molecule has 0 unspecified atom stereocenters. The van der Waals surface area contributed by atoms with Gasteiger partial charge in [0.2, 0.25) is 0 Å². The number of sulfone groups is 1. The zero-order valence-corrected chi connectivity index (χ0v) is 19.9. The van der Waals surface area contributed by atoms with E-state index >= 15 is 0 Å². The summed E-state index contributed by atoms with van der Waals surface area (Å²) in [7, 11) is -2.01. The number of anilines is 1. The Morgan fingerprint density at radius 2 is 1.97 bits per heavy atom. The number of hydrogen-bond donors (Lipinski definition) is 1. The summed E-state index contributed by atoms with van der Waals surface area (Å²) in [5.74, 6) is -0.0753. The zero-order valence-electron chi connectivity index (χ0n) is 19.1. The largest absolute Gasteiger partial charge is 0.497 e. The number of nitrogens with zero attached hydrogens (tertiary/aromatic N) is 3. The molecule has 4 rings (SSSR count). The number of benzene rings is 2. The van der Waals surface area contributed by atoms with Crippen LogP contribution in [0.15, 0.2) is 57.9 Å². The van der Waals surface area contributed by atoms with Crippen molar-refractivity contribution in [3.8, 4) is 5.75 Å². The van der Waals surface area contributed by atoms with E-state index in [1.54, 1.807) is 12.1 Å². The Morgan fingerprint density at radius 1 is 1.18 bits per heavy atom. The number of nitrogens with one attached hydrogen (secondary N) is 1. The van der Waals surface area contributed by atoms with E-state index in [1.165, 1.54) is 30.5 Å². The third-order valence-electron chi connectivity index (χ3n) is 5.77. The number of hydrogen-bond acceptors (Lipinski definition) is 8. The Hall–Kier alpha value is -3.40. The van der Waals surface area contributed by atoms with Crippen LogP contribution in [0.1, 0.15) is 34.9 Å². The van der Waals surface area contributed by atoms with E-state index in [4.69, 9.17) is 9.26 Å². The maximum atomic E-state index is 12.5. The van der Waals surface area contributed by atoms with Crippen molar-refractivity contribution in [2.75, 3.05) is 37.4 Å². The predicted octanol–water partition coefficient (Wildman–Crippen LogP) is 2.67. The Bertz CT molecular complexity index is 1220. The highest BCUT2D eigenvalue weighted by Gasteiger charge is 2.20. The molecule has 0 aliphatic carbocycles. The molecule has 1 aliphatic rings. The topological polar surface area (TPSA) is 115 Å². The number of amides is 1. The lowest BCUT2D eigenvalue weighted by Gasteiger charge is -2.31. The van der Waals surface area contributed by atoms with Gasteiger partial charge in [-0.3, -0.25) is 4.79 Å². The van der Waals surface area contributed by atoms with Crippen LogP contribution in [0.3, 0.4) is 0 Å². The SMILES string of the molecule is COc1ccc(S(=O)(=O)CCc2noc(C(=O)NCCCN3CCCc4ccccc43)n2)cc1. The molecular weight excluding hydrogens is 456 g/mol. The third-order valence-corrected chi connectivity index (χ3v) is 7.50. The van der Waals surface area contributed by atoms with Crippen molar-refractivity contribution in [3.63, 3.8) is 0 Å². The molecule has 0 saturated heterocycles. The first kappa shape index (κ1) is 23.7. The van der Waals surface area contributed by atoms with Crippen molar-refractivity contribution in [1.82, 2.24) is 15.5 Å². The molecule has 180 valence electrons. The zero-order chi connectivity index (χ0) is 24.0. The van der Waals surface area contributed by atoms with E-state index in [0.29, 0.717) is 12.3 Å². The van der Waals surface area contributed by atoms with Gasteiger partial charge in [-0.15, -0.1) is 0 Å². The highest BCUT2D eigenvalue weighted by Crippen LogP contribution is 2.26. The van der Waals surface area contributed by atoms with Gasteiger partial charge in [0.25, 0.3) is 0 Å². The number of carbonyl (C=O) groups is 1. The van der Waals surface area contributed by atoms with Crippen molar-refractivity contribution in [2.45, 2.75) is 30.6 Å². The van der Waals surface area contributed by atoms with E-state index in [2.05, 4.69) is 38.6 Å². The lowest BCUT2D eigenvalue weighted by molar-refractivity contribution is 0.0909. The molecule has 0 saturated carbocycles. The maximum absolute atomic E-state index is 12.5. The molecule has 2 heterocycles. The van der Waals surface area contributed by atoms with Gasteiger partial charge in [-0.1, -0.05) is 23.4 Å². The molecule has 3 aromatic rings. The number of rotatable bonds is 10. The Kier molecular flexibility index (Phi) is 7.46. The first-order valence-corrected chi connectivity index (χ1v) is 12.9. The van der Waals surface area contributed by atoms with Crippen molar-refractivity contribution < 1.29 is 22.5 Å². The summed E-state index contributed by atoms with van der Waals surface area (Å²) in [6.45, 7) is 2.33. The summed E-state index contributed by atoms with van der Waals surface area (Å²) in [4.78, 5) is 18.9. The molecular formula is C24H28N4O5S. The second-order valence-corrected chi connectivity index (χ2v) is 10.2. The quantitative estimate of drug-likeness (QED) is 0.437. The molecule has 0 bridgehead atoms. The van der Waals surface area contributed by atoms with Crippen molar-refractivity contribution >= 4 is 21.4 Å². The fourth-order valence-electron chi connectivity index (χ4n) is 3.97. The minimum Gasteiger partial charge on any atom is -0.497 e. The number of fused-ring (bicyclic) bond motifs is 1. The van der Waals surface area contributed by atoms with Gasteiger partial charge in [0.1, 0.15) is 5.75 Å². The lowest BCUT2D eigenvalue weighted by Crippen LogP contribution is -2.33. The van der Waals surface area contributed by atoms with Crippen LogP contribution < -0.4 is 15.0 Å². The van der Waals surface area contributed by atoms with Crippen LogP contribution in [-0.2, 0) is 22.7 Å². The van der Waals surface area contributed by atoms with Crippen LogP contribution >= 0.6 is 0 Å². The van der Waals surface area contributed by atoms with Gasteiger partial charge in [-0.25, -0.2) is 8.42 Å². The fourth-order valence-corrected chi connectivity index (χ4v) is 5.20. The van der Waals surface area contributed by atoms with Crippen molar-refractivity contribution in [2.24, 2.45) is 0 Å². The minimum absolute atomic E-state index is 0.0412. The molecule has 0 atom stereocenters. The number of ether oxygens (including phenoxy) is 1. The smallest absolute Gasteiger partial charge is 0.315 e. The van der Waals surface area contributed by atoms with Gasteiger partial charge >= 0.3 is 11.8 Å². The summed E-state index contributed by atoms with van der Waals surface area (Å²) in [5.41, 5.74) is 2.64. The highest BCUT2D eigenvalue weighted by atomic mass is 32.2. The van der Waals surface area contributed by atoms with Gasteiger partial charge in [0, 0.05) is 31.7 Å². The second-order valence-electron chi connectivity index (χ2n) is 8.09. The normalized spacial score (nSPS) is 13.4. The van der Waals surface area contributed by atoms with Gasteiger partial charge in [0.15, 0.2) is 15.7 Å². The molecule has 1 N–H and O–H groups in total. The van der Waals surface area contributed by atoms with E-state index in [0.717, 1.165) is 32.4 Å². The van der Waals surface area contributed by atoms with E-state index in [9.17, 15) is 13.2 Å². The Morgan fingerprint density at radius 3 is 2.76 bits per heavy atom. The van der Waals surface area contributed by atoms with E-state index in [1.807, 2.05) is 6.07 Å². The number of carbonyl (C=O) groups excluding carboxylic acids is 1. The highest BCUT2D eigenvalue weighted by molar-refractivity contribution is 7.91. The second kappa shape index (κ2) is 10.7. The average Bonchev–Trinajstić information content (AvgIpc) is 3.35. The van der Waals surface area contributed by atoms with Gasteiger partial charge < -0.3 is 19.5 Å². The summed E-state index contributed by atoms with van der Waals surface area (Å²) >= 11 is 0. The first-order valence-electron chi connectivity index (χ1n) is 11.3. The summed E-state index contributed by atoms with van der Waals surface area (Å²) in [5, 5.41) is 6.54. The van der Waals surface area contributed by atoms with Gasteiger partial charge in [-0.05, 0) is 55.2 Å². The predicted molar refractivity (Wildman–Crippen MR) is 127 cm³/mol. The van der Waals surface area contributed by atoms with Crippen LogP contribution in [-0.4, -0.2) is 57.0 Å². The monoisotopic (exact) mass is 484 g/mol. The van der Waals surface area contributed by atoms with Crippen LogP contribution in [0, 0.1) is 0 Å². The molecule has 9 nitrogen and oxygen atoms in total. The average molecular weight is 485 g/mol. The number of aryl methyl sites for hydroxylation is 2. The van der Waals surface area contributed by atoms with Crippen molar-refractivity contribution in [3.05, 3.63) is 65.8 Å². The molecule has 0 spiro atoms. The number of aromatic nitrogens is 2. The fraction of sp³-hybridized carbons (Fsp3) is 0.375. The summed E-state index contributed by atoms with van der Waals surface area (Å²) < 4.78 is 35.1. The molecule has 1 amide bonds. The molecule has 1 aliphatic heterocycles. The number of methoxy groups -OCH3 is 1. The van der Waals surface area contributed by atoms with Crippen LogP contribution in [0.4, 0.5) is 5.69 Å². The summed E-state index contributed by atoms with van der Waals surface area (Å²) in [6.07, 6.45) is 3.05. The Balaban J connectivity index is 1.23. The first-order chi connectivity index (χ1) is 16.5. The van der Waals surface area contributed by atoms with Gasteiger partial charge in [-0.2, -0.15) is 4.98 Å². The molecule has 10 heteroatoms. The summed E-state index contributed by atoms with van der Waals surface area (Å²) in [6, 6.07) is 14.6. The standard InChI is InChI=1S/C24H28N4O5S/c1-32-19-9-11-20(12-10-19)34(30,31)17-13-22-26-24(33-27-22)23(29)25-14-5-16-28-15-4-7-18-6-2-3-8-21(18)28/h2-3,6,8-12H,4-5,7,13-17H2,1H3,(H,25,29).